The summed E-state index contributed by atoms with van der Waals surface area (Å²) in [6.07, 6.45) is -4.46. The zero-order chi connectivity index (χ0) is 15.5. The predicted octanol–water partition coefficient (Wildman–Crippen LogP) is 4.98. The fourth-order valence-corrected chi connectivity index (χ4v) is 2.07. The van der Waals surface area contributed by atoms with Crippen LogP contribution >= 0.6 is 11.6 Å². The fourth-order valence-electron chi connectivity index (χ4n) is 1.87. The lowest BCUT2D eigenvalue weighted by molar-refractivity contribution is -0.137. The van der Waals surface area contributed by atoms with E-state index in [1.807, 2.05) is 0 Å². The number of nitrogens with one attached hydrogen (secondary N) is 1. The summed E-state index contributed by atoms with van der Waals surface area (Å²) in [5, 5.41) is 3.27. The molecule has 0 aliphatic rings. The van der Waals surface area contributed by atoms with Crippen molar-refractivity contribution < 1.29 is 17.9 Å². The first-order valence-electron chi connectivity index (χ1n) is 6.14. The Hall–Kier alpha value is -1.88. The Morgan fingerprint density at radius 2 is 1.86 bits per heavy atom. The summed E-state index contributed by atoms with van der Waals surface area (Å²) in [5.74, 6) is 0.158. The predicted molar refractivity (Wildman–Crippen MR) is 76.8 cm³/mol. The Kier molecular flexibility index (Phi) is 4.63. The Labute approximate surface area is 125 Å². The molecule has 21 heavy (non-hydrogen) atoms. The number of halogens is 4. The topological polar surface area (TPSA) is 21.3 Å². The van der Waals surface area contributed by atoms with Gasteiger partial charge in [0.05, 0.1) is 12.7 Å². The van der Waals surface area contributed by atoms with E-state index < -0.39 is 11.7 Å². The van der Waals surface area contributed by atoms with E-state index in [4.69, 9.17) is 16.3 Å². The SMILES string of the molecule is COc1ccc(NCc2ccccc2Cl)c(C(F)(F)F)c1. The molecule has 0 spiro atoms. The second-order valence-corrected chi connectivity index (χ2v) is 4.76. The second-order valence-electron chi connectivity index (χ2n) is 4.35. The van der Waals surface area contributed by atoms with Crippen LogP contribution in [0.15, 0.2) is 42.5 Å². The molecule has 0 amide bonds. The van der Waals surface area contributed by atoms with Crippen molar-refractivity contribution in [1.82, 2.24) is 0 Å². The molecule has 0 saturated heterocycles. The zero-order valence-electron chi connectivity index (χ0n) is 11.2. The largest absolute Gasteiger partial charge is 0.497 e. The van der Waals surface area contributed by atoms with Crippen LogP contribution in [0.2, 0.25) is 5.02 Å². The molecule has 0 aromatic heterocycles. The van der Waals surface area contributed by atoms with Gasteiger partial charge in [-0.1, -0.05) is 29.8 Å². The van der Waals surface area contributed by atoms with Crippen molar-refractivity contribution in [2.45, 2.75) is 12.7 Å². The Morgan fingerprint density at radius 3 is 2.48 bits per heavy atom. The monoisotopic (exact) mass is 315 g/mol. The molecular formula is C15H13ClF3NO. The number of alkyl halides is 3. The van der Waals surface area contributed by atoms with Crippen LogP contribution in [0.5, 0.6) is 5.75 Å². The van der Waals surface area contributed by atoms with Crippen molar-refractivity contribution in [3.63, 3.8) is 0 Å². The van der Waals surface area contributed by atoms with Crippen molar-refractivity contribution in [3.05, 3.63) is 58.6 Å². The smallest absolute Gasteiger partial charge is 0.418 e. The van der Waals surface area contributed by atoms with Gasteiger partial charge >= 0.3 is 6.18 Å². The van der Waals surface area contributed by atoms with Gasteiger partial charge in [0.1, 0.15) is 5.75 Å². The highest BCUT2D eigenvalue weighted by atomic mass is 35.5. The minimum absolute atomic E-state index is 0.0109. The third kappa shape index (κ3) is 3.82. The van der Waals surface area contributed by atoms with Gasteiger partial charge in [0, 0.05) is 17.3 Å². The molecule has 0 unspecified atom stereocenters. The lowest BCUT2D eigenvalue weighted by Crippen LogP contribution is -2.11. The summed E-state index contributed by atoms with van der Waals surface area (Å²) in [4.78, 5) is 0. The zero-order valence-corrected chi connectivity index (χ0v) is 11.9. The average molecular weight is 316 g/mol. The van der Waals surface area contributed by atoms with Crippen LogP contribution in [0.4, 0.5) is 18.9 Å². The Bertz CT molecular complexity index is 629. The molecule has 0 aliphatic heterocycles. The molecule has 6 heteroatoms. The molecule has 0 fully saturated rings. The van der Waals surface area contributed by atoms with Crippen molar-refractivity contribution in [2.75, 3.05) is 12.4 Å². The van der Waals surface area contributed by atoms with Gasteiger partial charge in [0.15, 0.2) is 0 Å². The number of anilines is 1. The maximum atomic E-state index is 13.0. The van der Waals surface area contributed by atoms with Crippen molar-refractivity contribution in [1.29, 1.82) is 0 Å². The van der Waals surface area contributed by atoms with Gasteiger partial charge in [-0.15, -0.1) is 0 Å². The number of ether oxygens (including phenoxy) is 1. The molecule has 0 saturated carbocycles. The van der Waals surface area contributed by atoms with Crippen molar-refractivity contribution >= 4 is 17.3 Å². The van der Waals surface area contributed by atoms with Crippen LogP contribution < -0.4 is 10.1 Å². The van der Waals surface area contributed by atoms with Crippen LogP contribution in [-0.4, -0.2) is 7.11 Å². The van der Waals surface area contributed by atoms with E-state index >= 15 is 0 Å². The van der Waals surface area contributed by atoms with Gasteiger partial charge in [0.2, 0.25) is 0 Å². The summed E-state index contributed by atoms with van der Waals surface area (Å²) in [7, 11) is 1.33. The molecule has 0 heterocycles. The highest BCUT2D eigenvalue weighted by molar-refractivity contribution is 6.31. The highest BCUT2D eigenvalue weighted by Crippen LogP contribution is 2.37. The van der Waals surface area contributed by atoms with Crippen LogP contribution in [0, 0.1) is 0 Å². The molecule has 0 atom stereocenters. The maximum absolute atomic E-state index is 13.0. The third-order valence-corrected chi connectivity index (χ3v) is 3.33. The van der Waals surface area contributed by atoms with Gasteiger partial charge in [-0.05, 0) is 29.8 Å². The van der Waals surface area contributed by atoms with Crippen LogP contribution in [-0.2, 0) is 12.7 Å². The van der Waals surface area contributed by atoms with E-state index in [1.54, 1.807) is 24.3 Å². The first-order chi connectivity index (χ1) is 9.91. The number of rotatable bonds is 4. The van der Waals surface area contributed by atoms with E-state index in [2.05, 4.69) is 5.32 Å². The first-order valence-corrected chi connectivity index (χ1v) is 6.52. The number of hydrogen-bond donors (Lipinski definition) is 1. The van der Waals surface area contributed by atoms with E-state index in [1.165, 1.54) is 19.2 Å². The maximum Gasteiger partial charge on any atom is 0.418 e. The lowest BCUT2D eigenvalue weighted by atomic mass is 10.1. The molecule has 0 aliphatic carbocycles. The Morgan fingerprint density at radius 1 is 1.14 bits per heavy atom. The minimum atomic E-state index is -4.46. The molecule has 1 N–H and O–H groups in total. The molecule has 0 bridgehead atoms. The van der Waals surface area contributed by atoms with E-state index in [0.717, 1.165) is 11.6 Å². The Balaban J connectivity index is 2.26. The number of methoxy groups -OCH3 is 1. The van der Waals surface area contributed by atoms with Crippen LogP contribution in [0.3, 0.4) is 0 Å². The van der Waals surface area contributed by atoms with E-state index in [-0.39, 0.29) is 18.0 Å². The van der Waals surface area contributed by atoms with Gasteiger partial charge in [0.25, 0.3) is 0 Å². The first kappa shape index (κ1) is 15.5. The molecular weight excluding hydrogens is 303 g/mol. The molecule has 0 radical (unpaired) electrons. The molecule has 2 nitrogen and oxygen atoms in total. The summed E-state index contributed by atoms with van der Waals surface area (Å²) in [5.41, 5.74) is -0.0553. The molecule has 2 aromatic rings. The van der Waals surface area contributed by atoms with Gasteiger partial charge in [-0.2, -0.15) is 13.2 Å². The number of benzene rings is 2. The highest BCUT2D eigenvalue weighted by Gasteiger charge is 2.34. The van der Waals surface area contributed by atoms with Crippen LogP contribution in [0.1, 0.15) is 11.1 Å². The summed E-state index contributed by atoms with van der Waals surface area (Å²) in [6.45, 7) is 0.203. The molecule has 2 rings (SSSR count). The summed E-state index contributed by atoms with van der Waals surface area (Å²) in [6, 6.07) is 10.8. The quantitative estimate of drug-likeness (QED) is 0.859. The van der Waals surface area contributed by atoms with Crippen LogP contribution in [0.25, 0.3) is 0 Å². The van der Waals surface area contributed by atoms with E-state index in [0.29, 0.717) is 5.02 Å². The molecule has 112 valence electrons. The summed E-state index contributed by atoms with van der Waals surface area (Å²) < 4.78 is 44.0. The normalized spacial score (nSPS) is 11.3. The standard InChI is InChI=1S/C15H13ClF3NO/c1-21-11-6-7-14(12(8-11)15(17,18)19)20-9-10-4-2-3-5-13(10)16/h2-8,20H,9H2,1H3. The number of hydrogen-bond acceptors (Lipinski definition) is 2. The van der Waals surface area contributed by atoms with Crippen molar-refractivity contribution in [3.8, 4) is 5.75 Å². The lowest BCUT2D eigenvalue weighted by Gasteiger charge is -2.16. The third-order valence-electron chi connectivity index (χ3n) is 2.96. The van der Waals surface area contributed by atoms with E-state index in [9.17, 15) is 13.2 Å². The average Bonchev–Trinajstić information content (AvgIpc) is 2.45. The fraction of sp³-hybridized carbons (Fsp3) is 0.200. The summed E-state index contributed by atoms with van der Waals surface area (Å²) >= 11 is 5.99. The second kappa shape index (κ2) is 6.26. The van der Waals surface area contributed by atoms with Gasteiger partial charge in [-0.25, -0.2) is 0 Å². The van der Waals surface area contributed by atoms with Crippen molar-refractivity contribution in [2.24, 2.45) is 0 Å². The molecule has 2 aromatic carbocycles. The van der Waals surface area contributed by atoms with Gasteiger partial charge in [-0.3, -0.25) is 0 Å². The minimum Gasteiger partial charge on any atom is -0.497 e. The van der Waals surface area contributed by atoms with Gasteiger partial charge < -0.3 is 10.1 Å².